The van der Waals surface area contributed by atoms with Crippen molar-refractivity contribution in [2.75, 3.05) is 26.7 Å². The van der Waals surface area contributed by atoms with Gasteiger partial charge in [0, 0.05) is 32.2 Å². The molecule has 2 heterocycles. The molecule has 0 unspecified atom stereocenters. The summed E-state index contributed by atoms with van der Waals surface area (Å²) in [5.74, 6) is -0.445. The number of aryl methyl sites for hydroxylation is 1. The lowest BCUT2D eigenvalue weighted by atomic mass is 10.00. The highest BCUT2D eigenvalue weighted by Gasteiger charge is 2.32. The minimum absolute atomic E-state index is 0.00882. The lowest BCUT2D eigenvalue weighted by Gasteiger charge is -2.20. The van der Waals surface area contributed by atoms with Crippen molar-refractivity contribution in [3.8, 4) is 0 Å². The first-order valence-electron chi connectivity index (χ1n) is 8.96. The molecule has 1 aromatic rings. The van der Waals surface area contributed by atoms with Crippen LogP contribution in [0, 0.1) is 6.92 Å². The number of likely N-dealkylation sites (N-methyl/N-ethyl adjacent to an activating group) is 1. The summed E-state index contributed by atoms with van der Waals surface area (Å²) in [5, 5.41) is 6.89. The molecule has 26 heavy (non-hydrogen) atoms. The molecule has 1 aromatic carbocycles. The highest BCUT2D eigenvalue weighted by Crippen LogP contribution is 2.20. The zero-order valence-electron chi connectivity index (χ0n) is 15.2. The van der Waals surface area contributed by atoms with Crippen LogP contribution in [0.15, 0.2) is 29.4 Å². The number of amides is 2. The van der Waals surface area contributed by atoms with Gasteiger partial charge in [-0.25, -0.2) is 0 Å². The van der Waals surface area contributed by atoms with E-state index in [1.54, 1.807) is 7.05 Å². The molecule has 1 saturated heterocycles. The number of ether oxygens (including phenoxy) is 1. The molecule has 3 rings (SSSR count). The van der Waals surface area contributed by atoms with Gasteiger partial charge in [-0.2, -0.15) is 0 Å². The van der Waals surface area contributed by atoms with Crippen LogP contribution in [0.5, 0.6) is 0 Å². The maximum Gasteiger partial charge on any atom is 0.267 e. The number of rotatable bonds is 6. The fraction of sp³-hybridized carbons (Fsp3) is 0.526. The first-order valence-corrected chi connectivity index (χ1v) is 8.96. The Morgan fingerprint density at radius 3 is 2.88 bits per heavy atom. The van der Waals surface area contributed by atoms with E-state index in [4.69, 9.17) is 9.57 Å². The zero-order chi connectivity index (χ0) is 18.5. The molecule has 2 aliphatic rings. The minimum Gasteiger partial charge on any atom is -0.382 e. The second kappa shape index (κ2) is 8.31. The number of oxime groups is 1. The molecule has 1 fully saturated rings. The molecule has 7 nitrogen and oxygen atoms in total. The van der Waals surface area contributed by atoms with Gasteiger partial charge in [-0.1, -0.05) is 29.4 Å². The highest BCUT2D eigenvalue weighted by molar-refractivity contribution is 6.05. The Morgan fingerprint density at radius 1 is 1.35 bits per heavy atom. The van der Waals surface area contributed by atoms with Gasteiger partial charge in [-0.3, -0.25) is 9.59 Å². The van der Waals surface area contributed by atoms with Crippen LogP contribution < -0.4 is 5.32 Å². The molecule has 0 aromatic heterocycles. The van der Waals surface area contributed by atoms with Crippen molar-refractivity contribution in [1.82, 2.24) is 10.2 Å². The summed E-state index contributed by atoms with van der Waals surface area (Å²) >= 11 is 0. The van der Waals surface area contributed by atoms with Gasteiger partial charge in [0.2, 0.25) is 12.0 Å². The lowest BCUT2D eigenvalue weighted by molar-refractivity contribution is -0.143. The molecule has 140 valence electrons. The Hall–Kier alpha value is -2.41. The highest BCUT2D eigenvalue weighted by atomic mass is 16.6. The van der Waals surface area contributed by atoms with Crippen LogP contribution in [0.4, 0.5) is 0 Å². The van der Waals surface area contributed by atoms with Crippen LogP contribution in [0.2, 0.25) is 0 Å². The predicted octanol–water partition coefficient (Wildman–Crippen LogP) is 1.24. The van der Waals surface area contributed by atoms with Gasteiger partial charge in [0.25, 0.3) is 5.91 Å². The summed E-state index contributed by atoms with van der Waals surface area (Å²) < 4.78 is 5.47. The summed E-state index contributed by atoms with van der Waals surface area (Å²) in [7, 11) is 1.60. The zero-order valence-corrected chi connectivity index (χ0v) is 15.2. The fourth-order valence-electron chi connectivity index (χ4n) is 3.19. The smallest absolute Gasteiger partial charge is 0.267 e. The van der Waals surface area contributed by atoms with E-state index in [-0.39, 0.29) is 24.5 Å². The summed E-state index contributed by atoms with van der Waals surface area (Å²) in [5.41, 5.74) is 2.84. The van der Waals surface area contributed by atoms with E-state index in [2.05, 4.69) is 10.5 Å². The van der Waals surface area contributed by atoms with E-state index in [1.807, 2.05) is 31.2 Å². The fourth-order valence-corrected chi connectivity index (χ4v) is 3.19. The van der Waals surface area contributed by atoms with Crippen molar-refractivity contribution in [2.24, 2.45) is 5.16 Å². The van der Waals surface area contributed by atoms with Gasteiger partial charge in [0.1, 0.15) is 0 Å². The maximum atomic E-state index is 12.5. The summed E-state index contributed by atoms with van der Waals surface area (Å²) in [6.07, 6.45) is 1.81. The molecule has 0 bridgehead atoms. The van der Waals surface area contributed by atoms with E-state index in [1.165, 1.54) is 4.90 Å². The van der Waals surface area contributed by atoms with E-state index in [0.717, 1.165) is 36.3 Å². The van der Waals surface area contributed by atoms with Crippen molar-refractivity contribution >= 4 is 17.5 Å². The molecule has 7 heteroatoms. The molecule has 0 saturated carbocycles. The molecule has 1 N–H and O–H groups in total. The molecule has 2 amide bonds. The third kappa shape index (κ3) is 4.40. The Kier molecular flexibility index (Phi) is 5.88. The molecular weight excluding hydrogens is 334 g/mol. The first-order chi connectivity index (χ1) is 12.5. The average Bonchev–Trinajstić information content (AvgIpc) is 3.31. The SMILES string of the molecule is Cc1ccccc1C1=NO[C@@H](C(=O)N(C)CC(=O)NC[C@@H]2CCCO2)C1. The number of hydrogen-bond donors (Lipinski definition) is 1. The minimum atomic E-state index is -0.680. The van der Waals surface area contributed by atoms with Crippen molar-refractivity contribution in [3.63, 3.8) is 0 Å². The van der Waals surface area contributed by atoms with Crippen molar-refractivity contribution in [3.05, 3.63) is 35.4 Å². The van der Waals surface area contributed by atoms with Crippen molar-refractivity contribution in [2.45, 2.75) is 38.4 Å². The number of nitrogens with one attached hydrogen (secondary N) is 1. The number of carbonyl (C=O) groups excluding carboxylic acids is 2. The topological polar surface area (TPSA) is 80.2 Å². The van der Waals surface area contributed by atoms with Gasteiger partial charge in [-0.15, -0.1) is 0 Å². The number of hydrogen-bond acceptors (Lipinski definition) is 5. The second-order valence-electron chi connectivity index (χ2n) is 6.78. The van der Waals surface area contributed by atoms with Crippen LogP contribution in [0.1, 0.15) is 30.4 Å². The maximum absolute atomic E-state index is 12.5. The first kappa shape index (κ1) is 18.4. The van der Waals surface area contributed by atoms with Gasteiger partial charge >= 0.3 is 0 Å². The quantitative estimate of drug-likeness (QED) is 0.829. The van der Waals surface area contributed by atoms with Crippen LogP contribution >= 0.6 is 0 Å². The average molecular weight is 359 g/mol. The van der Waals surface area contributed by atoms with Crippen LogP contribution in [-0.4, -0.2) is 61.4 Å². The monoisotopic (exact) mass is 359 g/mol. The van der Waals surface area contributed by atoms with E-state index in [0.29, 0.717) is 13.0 Å². The molecule has 0 aliphatic carbocycles. The second-order valence-corrected chi connectivity index (χ2v) is 6.78. The number of benzene rings is 1. The van der Waals surface area contributed by atoms with Crippen LogP contribution in [0.25, 0.3) is 0 Å². The molecule has 0 radical (unpaired) electrons. The van der Waals surface area contributed by atoms with Crippen LogP contribution in [-0.2, 0) is 19.2 Å². The Balaban J connectivity index is 1.47. The third-order valence-corrected chi connectivity index (χ3v) is 4.71. The van der Waals surface area contributed by atoms with Gasteiger partial charge in [0.15, 0.2) is 0 Å². The van der Waals surface area contributed by atoms with Gasteiger partial charge in [-0.05, 0) is 25.3 Å². The van der Waals surface area contributed by atoms with Gasteiger partial charge < -0.3 is 19.8 Å². The van der Waals surface area contributed by atoms with E-state index >= 15 is 0 Å². The van der Waals surface area contributed by atoms with Crippen molar-refractivity contribution in [1.29, 1.82) is 0 Å². The summed E-state index contributed by atoms with van der Waals surface area (Å²) in [6.45, 7) is 3.23. The standard InChI is InChI=1S/C19H25N3O4/c1-13-6-3-4-8-15(13)16-10-17(26-21-16)19(24)22(2)12-18(23)20-11-14-7-5-9-25-14/h3-4,6,8,14,17H,5,7,9-12H2,1-2H3,(H,20,23)/t14-,17+/m0/s1. The Morgan fingerprint density at radius 2 is 2.15 bits per heavy atom. The third-order valence-electron chi connectivity index (χ3n) is 4.71. The predicted molar refractivity (Wildman–Crippen MR) is 96.8 cm³/mol. The Labute approximate surface area is 153 Å². The van der Waals surface area contributed by atoms with Gasteiger partial charge in [0.05, 0.1) is 18.4 Å². The molecule has 2 aliphatic heterocycles. The number of carbonyl (C=O) groups is 2. The molecular formula is C19H25N3O4. The van der Waals surface area contributed by atoms with Crippen LogP contribution in [0.3, 0.4) is 0 Å². The summed E-state index contributed by atoms with van der Waals surface area (Å²) in [4.78, 5) is 31.3. The van der Waals surface area contributed by atoms with Crippen molar-refractivity contribution < 1.29 is 19.2 Å². The Bertz CT molecular complexity index is 698. The normalized spacial score (nSPS) is 21.8. The summed E-state index contributed by atoms with van der Waals surface area (Å²) in [6, 6.07) is 7.86. The molecule has 0 spiro atoms. The largest absolute Gasteiger partial charge is 0.382 e. The molecule has 2 atom stereocenters. The number of nitrogens with zero attached hydrogens (tertiary/aromatic N) is 2. The van der Waals surface area contributed by atoms with E-state index in [9.17, 15) is 9.59 Å². The van der Waals surface area contributed by atoms with E-state index < -0.39 is 6.10 Å². The lowest BCUT2D eigenvalue weighted by Crippen LogP contribution is -2.44.